The van der Waals surface area contributed by atoms with Gasteiger partial charge in [0.05, 0.1) is 29.5 Å². The van der Waals surface area contributed by atoms with Gasteiger partial charge < -0.3 is 29.9 Å². The van der Waals surface area contributed by atoms with Crippen LogP contribution in [0, 0.1) is 5.82 Å². The number of hydrogen-bond acceptors (Lipinski definition) is 10. The highest BCUT2D eigenvalue weighted by atomic mass is 32.1. The summed E-state index contributed by atoms with van der Waals surface area (Å²) in [6, 6.07) is 15.2. The molecule has 6 rings (SSSR count). The first-order valence-corrected chi connectivity index (χ1v) is 15.6. The lowest BCUT2D eigenvalue weighted by atomic mass is 10.2. The Kier molecular flexibility index (Phi) is 9.48. The number of urea groups is 1. The maximum atomic E-state index is 13.4. The highest BCUT2D eigenvalue weighted by Crippen LogP contribution is 2.36. The monoisotopic (exact) mass is 630 g/mol. The Morgan fingerprint density at radius 1 is 1.02 bits per heavy atom. The molecule has 2 amide bonds. The SMILES string of the molecule is COc1cc2c(Nc3ccc4nc(NC(=O)NCc5cccc(F)c5)sc4c3)ncnc2cc1OCCCN1CCN(C)CC1. The second-order valence-corrected chi connectivity index (χ2v) is 11.9. The number of fused-ring (bicyclic) bond motifs is 2. The van der Waals surface area contributed by atoms with Gasteiger partial charge in [0.15, 0.2) is 16.6 Å². The first-order valence-electron chi connectivity index (χ1n) is 14.8. The van der Waals surface area contributed by atoms with E-state index in [-0.39, 0.29) is 12.4 Å². The van der Waals surface area contributed by atoms with Gasteiger partial charge in [-0.15, -0.1) is 0 Å². The molecule has 1 aliphatic heterocycles. The van der Waals surface area contributed by atoms with Gasteiger partial charge in [0.2, 0.25) is 0 Å². The van der Waals surface area contributed by atoms with Crippen LogP contribution in [0.3, 0.4) is 0 Å². The van der Waals surface area contributed by atoms with Crippen molar-refractivity contribution in [2.24, 2.45) is 0 Å². The molecule has 0 atom stereocenters. The van der Waals surface area contributed by atoms with Crippen molar-refractivity contribution in [1.29, 1.82) is 0 Å². The van der Waals surface area contributed by atoms with Crippen LogP contribution in [0.2, 0.25) is 0 Å². The van der Waals surface area contributed by atoms with E-state index >= 15 is 0 Å². The third kappa shape index (κ3) is 7.74. The number of piperazine rings is 1. The van der Waals surface area contributed by atoms with Gasteiger partial charge in [0.1, 0.15) is 18.0 Å². The van der Waals surface area contributed by atoms with Crippen LogP contribution in [0.25, 0.3) is 21.1 Å². The zero-order valence-corrected chi connectivity index (χ0v) is 26.0. The molecule has 45 heavy (non-hydrogen) atoms. The number of halogens is 1. The normalized spacial score (nSPS) is 14.0. The summed E-state index contributed by atoms with van der Waals surface area (Å²) in [4.78, 5) is 30.7. The molecule has 3 heterocycles. The Balaban J connectivity index is 1.09. The summed E-state index contributed by atoms with van der Waals surface area (Å²) < 4.78 is 26.1. The van der Waals surface area contributed by atoms with Gasteiger partial charge in [-0.25, -0.2) is 24.1 Å². The maximum Gasteiger partial charge on any atom is 0.321 e. The van der Waals surface area contributed by atoms with Crippen LogP contribution >= 0.6 is 11.3 Å². The fourth-order valence-electron chi connectivity index (χ4n) is 5.14. The number of anilines is 3. The zero-order chi connectivity index (χ0) is 31.2. The number of aromatic nitrogens is 3. The number of carbonyl (C=O) groups excluding carboxylic acids is 1. The predicted octanol–water partition coefficient (Wildman–Crippen LogP) is 5.47. The summed E-state index contributed by atoms with van der Waals surface area (Å²) in [5, 5.41) is 10.1. The Hall–Kier alpha value is -4.59. The lowest BCUT2D eigenvalue weighted by Gasteiger charge is -2.32. The number of amides is 2. The van der Waals surface area contributed by atoms with Crippen molar-refractivity contribution < 1.29 is 18.7 Å². The van der Waals surface area contributed by atoms with Crippen LogP contribution in [0.4, 0.5) is 25.8 Å². The molecule has 234 valence electrons. The van der Waals surface area contributed by atoms with E-state index in [0.29, 0.717) is 34.6 Å². The standard InChI is InChI=1S/C32H35FN8O3S/c1-40-10-12-41(13-11-40)9-4-14-44-28-18-26-24(17-27(28)43-2)30(36-20-35-26)37-23-7-8-25-29(16-23)45-32(38-25)39-31(42)34-19-21-5-3-6-22(33)15-21/h3,5-8,15-18,20H,4,9-14,19H2,1-2H3,(H,35,36,37)(H2,34,38,39,42). The number of methoxy groups -OCH3 is 1. The quantitative estimate of drug-likeness (QED) is 0.163. The van der Waals surface area contributed by atoms with E-state index in [2.05, 4.69) is 47.7 Å². The minimum Gasteiger partial charge on any atom is -0.493 e. The molecule has 3 N–H and O–H groups in total. The van der Waals surface area contributed by atoms with E-state index in [9.17, 15) is 9.18 Å². The molecule has 0 bridgehead atoms. The number of likely N-dealkylation sites (N-methyl/N-ethyl adjacent to an activating group) is 1. The topological polar surface area (TPSA) is 117 Å². The molecule has 0 spiro atoms. The Bertz CT molecular complexity index is 1790. The van der Waals surface area contributed by atoms with E-state index < -0.39 is 6.03 Å². The molecule has 1 fully saturated rings. The van der Waals surface area contributed by atoms with Gasteiger partial charge in [-0.1, -0.05) is 23.5 Å². The van der Waals surface area contributed by atoms with Crippen LogP contribution < -0.4 is 25.4 Å². The van der Waals surface area contributed by atoms with Crippen molar-refractivity contribution in [3.05, 3.63) is 72.3 Å². The number of hydrogen-bond donors (Lipinski definition) is 3. The van der Waals surface area contributed by atoms with E-state index in [1.807, 2.05) is 30.3 Å². The average Bonchev–Trinajstić information content (AvgIpc) is 3.44. The largest absolute Gasteiger partial charge is 0.493 e. The van der Waals surface area contributed by atoms with Crippen molar-refractivity contribution in [1.82, 2.24) is 30.1 Å². The molecule has 2 aromatic heterocycles. The number of thiazole rings is 1. The van der Waals surface area contributed by atoms with Gasteiger partial charge in [0.25, 0.3) is 0 Å². The van der Waals surface area contributed by atoms with Gasteiger partial charge in [-0.3, -0.25) is 5.32 Å². The van der Waals surface area contributed by atoms with Gasteiger partial charge in [-0.2, -0.15) is 0 Å². The molecule has 1 saturated heterocycles. The van der Waals surface area contributed by atoms with Crippen LogP contribution in [0.15, 0.2) is 60.9 Å². The van der Waals surface area contributed by atoms with E-state index in [0.717, 1.165) is 66.0 Å². The van der Waals surface area contributed by atoms with E-state index in [4.69, 9.17) is 9.47 Å². The second-order valence-electron chi connectivity index (χ2n) is 10.9. The Labute approximate surface area is 264 Å². The third-order valence-electron chi connectivity index (χ3n) is 7.61. The fraction of sp³-hybridized carbons (Fsp3) is 0.312. The lowest BCUT2D eigenvalue weighted by molar-refractivity contribution is 0.145. The molecule has 13 heteroatoms. The van der Waals surface area contributed by atoms with Crippen molar-refractivity contribution in [3.63, 3.8) is 0 Å². The minimum atomic E-state index is -0.420. The number of ether oxygens (including phenoxy) is 2. The Morgan fingerprint density at radius 2 is 1.89 bits per heavy atom. The average molecular weight is 631 g/mol. The maximum absolute atomic E-state index is 13.4. The van der Waals surface area contributed by atoms with Crippen molar-refractivity contribution in [2.45, 2.75) is 13.0 Å². The second kappa shape index (κ2) is 14.0. The van der Waals surface area contributed by atoms with Gasteiger partial charge in [0, 0.05) is 56.4 Å². The highest BCUT2D eigenvalue weighted by molar-refractivity contribution is 7.22. The fourth-order valence-corrected chi connectivity index (χ4v) is 6.04. The molecular weight excluding hydrogens is 595 g/mol. The van der Waals surface area contributed by atoms with Crippen molar-refractivity contribution >= 4 is 55.1 Å². The molecule has 0 unspecified atom stereocenters. The Morgan fingerprint density at radius 3 is 2.71 bits per heavy atom. The number of nitrogens with zero attached hydrogens (tertiary/aromatic N) is 5. The summed E-state index contributed by atoms with van der Waals surface area (Å²) >= 11 is 1.35. The zero-order valence-electron chi connectivity index (χ0n) is 25.2. The van der Waals surface area contributed by atoms with Crippen molar-refractivity contribution in [2.75, 3.05) is 64.1 Å². The lowest BCUT2D eigenvalue weighted by Crippen LogP contribution is -2.44. The number of nitrogens with one attached hydrogen (secondary N) is 3. The molecule has 3 aromatic carbocycles. The molecular formula is C32H35FN8O3S. The number of rotatable bonds is 11. The van der Waals surface area contributed by atoms with Crippen LogP contribution in [0.1, 0.15) is 12.0 Å². The first-order chi connectivity index (χ1) is 21.9. The predicted molar refractivity (Wildman–Crippen MR) is 175 cm³/mol. The van der Waals surface area contributed by atoms with E-state index in [1.54, 1.807) is 19.2 Å². The summed E-state index contributed by atoms with van der Waals surface area (Å²) in [5.41, 5.74) is 2.95. The summed E-state index contributed by atoms with van der Waals surface area (Å²) in [5.74, 6) is 1.54. The van der Waals surface area contributed by atoms with Crippen LogP contribution in [-0.2, 0) is 6.54 Å². The summed E-state index contributed by atoms with van der Waals surface area (Å²) in [6.45, 7) is 6.18. The van der Waals surface area contributed by atoms with E-state index in [1.165, 1.54) is 29.8 Å². The van der Waals surface area contributed by atoms with Crippen molar-refractivity contribution in [3.8, 4) is 11.5 Å². The number of benzene rings is 3. The molecule has 0 aliphatic carbocycles. The van der Waals surface area contributed by atoms with Gasteiger partial charge >= 0.3 is 6.03 Å². The summed E-state index contributed by atoms with van der Waals surface area (Å²) in [7, 11) is 3.79. The molecule has 0 saturated carbocycles. The first kappa shape index (κ1) is 30.4. The highest BCUT2D eigenvalue weighted by Gasteiger charge is 2.15. The smallest absolute Gasteiger partial charge is 0.321 e. The van der Waals surface area contributed by atoms with Crippen LogP contribution in [0.5, 0.6) is 11.5 Å². The molecule has 5 aromatic rings. The minimum absolute atomic E-state index is 0.199. The molecule has 0 radical (unpaired) electrons. The number of carbonyl (C=O) groups is 1. The molecule has 11 nitrogen and oxygen atoms in total. The van der Waals surface area contributed by atoms with Crippen LogP contribution in [-0.4, -0.2) is 84.3 Å². The molecule has 1 aliphatic rings. The third-order valence-corrected chi connectivity index (χ3v) is 8.54. The van der Waals surface area contributed by atoms with Gasteiger partial charge in [-0.05, 0) is 55.4 Å². The summed E-state index contributed by atoms with van der Waals surface area (Å²) in [6.07, 6.45) is 2.45.